The lowest BCUT2D eigenvalue weighted by atomic mass is 9.88. The van der Waals surface area contributed by atoms with E-state index in [0.717, 1.165) is 11.0 Å². The number of nitro groups is 1. The van der Waals surface area contributed by atoms with Gasteiger partial charge in [-0.05, 0) is 18.9 Å². The largest absolute Gasteiger partial charge is 0.325 e. The first-order valence-corrected chi connectivity index (χ1v) is 8.99. The van der Waals surface area contributed by atoms with Crippen molar-refractivity contribution in [1.29, 1.82) is 0 Å². The second-order valence-electron chi connectivity index (χ2n) is 6.37. The van der Waals surface area contributed by atoms with E-state index >= 15 is 0 Å². The molecule has 4 amide bonds. The van der Waals surface area contributed by atoms with Gasteiger partial charge in [-0.3, -0.25) is 24.6 Å². The van der Waals surface area contributed by atoms with Crippen LogP contribution in [0.4, 0.5) is 16.2 Å². The van der Waals surface area contributed by atoms with E-state index in [1.54, 1.807) is 0 Å². The van der Waals surface area contributed by atoms with Crippen LogP contribution >= 0.6 is 11.6 Å². The molecule has 1 aromatic rings. The lowest BCUT2D eigenvalue weighted by Crippen LogP contribution is -2.47. The van der Waals surface area contributed by atoms with Crippen LogP contribution in [0.2, 0.25) is 5.02 Å². The first-order valence-electron chi connectivity index (χ1n) is 8.62. The molecule has 1 saturated heterocycles. The zero-order valence-corrected chi connectivity index (χ0v) is 15.8. The summed E-state index contributed by atoms with van der Waals surface area (Å²) < 4.78 is 0. The summed E-state index contributed by atoms with van der Waals surface area (Å²) in [6.45, 7) is 3.33. The summed E-state index contributed by atoms with van der Waals surface area (Å²) in [7, 11) is 0. The van der Waals surface area contributed by atoms with E-state index in [1.165, 1.54) is 12.1 Å². The van der Waals surface area contributed by atoms with Crippen molar-refractivity contribution >= 4 is 40.8 Å². The molecule has 0 spiro atoms. The second kappa shape index (κ2) is 8.34. The fourth-order valence-electron chi connectivity index (χ4n) is 3.19. The Kier molecular flexibility index (Phi) is 6.37. The molecular formula is C17H21ClN4O5. The maximum absolute atomic E-state index is 12.8. The van der Waals surface area contributed by atoms with Gasteiger partial charge >= 0.3 is 6.03 Å². The second-order valence-corrected chi connectivity index (χ2v) is 6.78. The fraction of sp³-hybridized carbons (Fsp3) is 0.471. The maximum atomic E-state index is 12.8. The Morgan fingerprint density at radius 3 is 2.48 bits per heavy atom. The molecule has 1 aliphatic rings. The van der Waals surface area contributed by atoms with E-state index in [2.05, 4.69) is 10.6 Å². The molecule has 9 nitrogen and oxygen atoms in total. The summed E-state index contributed by atoms with van der Waals surface area (Å²) >= 11 is 5.95. The SMILES string of the molecule is CCCC1(CCC)NC(=O)N(CC(=O)Nc2cc([N+](=O)[O-])ccc2Cl)C1=O. The van der Waals surface area contributed by atoms with Crippen LogP contribution in [0.15, 0.2) is 18.2 Å². The van der Waals surface area contributed by atoms with Crippen LogP contribution in [-0.4, -0.2) is 39.8 Å². The Balaban J connectivity index is 2.14. The number of benzene rings is 1. The highest BCUT2D eigenvalue weighted by atomic mass is 35.5. The number of imide groups is 1. The molecule has 1 aliphatic heterocycles. The topological polar surface area (TPSA) is 122 Å². The number of anilines is 1. The summed E-state index contributed by atoms with van der Waals surface area (Å²) in [5, 5.41) is 16.1. The van der Waals surface area contributed by atoms with Gasteiger partial charge in [-0.15, -0.1) is 0 Å². The molecule has 10 heteroatoms. The van der Waals surface area contributed by atoms with Gasteiger partial charge in [-0.1, -0.05) is 38.3 Å². The zero-order chi connectivity index (χ0) is 20.2. The average Bonchev–Trinajstić information content (AvgIpc) is 2.81. The molecule has 1 heterocycles. The van der Waals surface area contributed by atoms with Gasteiger partial charge in [0.05, 0.1) is 15.6 Å². The number of carbonyl (C=O) groups excluding carboxylic acids is 3. The van der Waals surface area contributed by atoms with Gasteiger partial charge in [0, 0.05) is 12.1 Å². The molecule has 0 saturated carbocycles. The third-order valence-corrected chi connectivity index (χ3v) is 4.67. The minimum Gasteiger partial charge on any atom is -0.323 e. The Labute approximate surface area is 161 Å². The number of hydrogen-bond acceptors (Lipinski definition) is 5. The Hall–Kier alpha value is -2.68. The van der Waals surface area contributed by atoms with Crippen molar-refractivity contribution in [2.75, 3.05) is 11.9 Å². The molecule has 2 N–H and O–H groups in total. The molecule has 0 aromatic heterocycles. The Bertz CT molecular complexity index is 777. The van der Waals surface area contributed by atoms with E-state index < -0.39 is 34.9 Å². The number of rotatable bonds is 8. The Morgan fingerprint density at radius 2 is 1.93 bits per heavy atom. The number of halogens is 1. The molecule has 146 valence electrons. The van der Waals surface area contributed by atoms with Crippen molar-refractivity contribution in [3.05, 3.63) is 33.3 Å². The number of nitro benzene ring substituents is 1. The maximum Gasteiger partial charge on any atom is 0.325 e. The van der Waals surface area contributed by atoms with Gasteiger partial charge < -0.3 is 10.6 Å². The summed E-state index contributed by atoms with van der Waals surface area (Å²) in [5.74, 6) is -1.11. The third-order valence-electron chi connectivity index (χ3n) is 4.34. The van der Waals surface area contributed by atoms with Crippen molar-refractivity contribution in [3.8, 4) is 0 Å². The van der Waals surface area contributed by atoms with Crippen molar-refractivity contribution in [3.63, 3.8) is 0 Å². The summed E-state index contributed by atoms with van der Waals surface area (Å²) in [6, 6.07) is 2.99. The number of nitrogens with one attached hydrogen (secondary N) is 2. The van der Waals surface area contributed by atoms with Gasteiger partial charge in [-0.25, -0.2) is 4.79 Å². The highest BCUT2D eigenvalue weighted by Crippen LogP contribution is 2.29. The van der Waals surface area contributed by atoms with E-state index in [1.807, 2.05) is 13.8 Å². The van der Waals surface area contributed by atoms with Gasteiger partial charge in [0.25, 0.3) is 11.6 Å². The van der Waals surface area contributed by atoms with Gasteiger partial charge in [0.15, 0.2) is 0 Å². The lowest BCUT2D eigenvalue weighted by molar-refractivity contribution is -0.384. The molecule has 1 aromatic carbocycles. The number of hydrogen-bond donors (Lipinski definition) is 2. The first kappa shape index (κ1) is 20.6. The number of amides is 4. The highest BCUT2D eigenvalue weighted by Gasteiger charge is 2.50. The van der Waals surface area contributed by atoms with Crippen LogP contribution in [0, 0.1) is 10.1 Å². The zero-order valence-electron chi connectivity index (χ0n) is 15.1. The molecular weight excluding hydrogens is 376 g/mol. The van der Waals surface area contributed by atoms with Gasteiger partial charge in [-0.2, -0.15) is 0 Å². The van der Waals surface area contributed by atoms with Crippen molar-refractivity contribution < 1.29 is 19.3 Å². The summed E-state index contributed by atoms with van der Waals surface area (Å²) in [6.07, 6.45) is 2.38. The first-order chi connectivity index (χ1) is 12.7. The number of carbonyl (C=O) groups is 3. The summed E-state index contributed by atoms with van der Waals surface area (Å²) in [4.78, 5) is 48.4. The molecule has 0 unspecified atom stereocenters. The minimum atomic E-state index is -0.982. The van der Waals surface area contributed by atoms with Crippen molar-refractivity contribution in [2.24, 2.45) is 0 Å². The van der Waals surface area contributed by atoms with E-state index in [-0.39, 0.29) is 16.4 Å². The predicted molar refractivity (Wildman–Crippen MR) is 99.5 cm³/mol. The molecule has 0 aliphatic carbocycles. The molecule has 0 bridgehead atoms. The minimum absolute atomic E-state index is 0.0382. The van der Waals surface area contributed by atoms with Crippen LogP contribution in [0.25, 0.3) is 0 Å². The smallest absolute Gasteiger partial charge is 0.323 e. The van der Waals surface area contributed by atoms with E-state index in [9.17, 15) is 24.5 Å². The fourth-order valence-corrected chi connectivity index (χ4v) is 3.36. The monoisotopic (exact) mass is 396 g/mol. The van der Waals surface area contributed by atoms with Crippen LogP contribution in [-0.2, 0) is 9.59 Å². The lowest BCUT2D eigenvalue weighted by Gasteiger charge is -2.25. The molecule has 27 heavy (non-hydrogen) atoms. The standard InChI is InChI=1S/C17H21ClN4O5/c1-3-7-17(8-4-2)15(24)21(16(25)20-17)10-14(23)19-13-9-11(22(26)27)5-6-12(13)18/h5-6,9H,3-4,7-8,10H2,1-2H3,(H,19,23)(H,20,25). The van der Waals surface area contributed by atoms with Crippen molar-refractivity contribution in [1.82, 2.24) is 10.2 Å². The normalized spacial score (nSPS) is 15.6. The molecule has 1 fully saturated rings. The van der Waals surface area contributed by atoms with Crippen molar-refractivity contribution in [2.45, 2.75) is 45.1 Å². The predicted octanol–water partition coefficient (Wildman–Crippen LogP) is 3.08. The average molecular weight is 397 g/mol. The number of nitrogens with zero attached hydrogens (tertiary/aromatic N) is 2. The van der Waals surface area contributed by atoms with Crippen LogP contribution in [0.1, 0.15) is 39.5 Å². The van der Waals surface area contributed by atoms with Gasteiger partial charge in [0.1, 0.15) is 12.1 Å². The summed E-state index contributed by atoms with van der Waals surface area (Å²) in [5.41, 5.74) is -1.18. The van der Waals surface area contributed by atoms with Gasteiger partial charge in [0.2, 0.25) is 5.91 Å². The molecule has 2 rings (SSSR count). The Morgan fingerprint density at radius 1 is 1.30 bits per heavy atom. The van der Waals surface area contributed by atoms with E-state index in [4.69, 9.17) is 11.6 Å². The molecule has 0 radical (unpaired) electrons. The van der Waals surface area contributed by atoms with Crippen LogP contribution in [0.5, 0.6) is 0 Å². The number of non-ortho nitro benzene ring substituents is 1. The van der Waals surface area contributed by atoms with Crippen LogP contribution in [0.3, 0.4) is 0 Å². The third kappa shape index (κ3) is 4.36. The molecule has 0 atom stereocenters. The van der Waals surface area contributed by atoms with E-state index in [0.29, 0.717) is 25.7 Å². The van der Waals surface area contributed by atoms with Crippen LogP contribution < -0.4 is 10.6 Å². The number of urea groups is 1. The quantitative estimate of drug-likeness (QED) is 0.397. The highest BCUT2D eigenvalue weighted by molar-refractivity contribution is 6.33.